The molecule has 6 nitrogen and oxygen atoms in total. The summed E-state index contributed by atoms with van der Waals surface area (Å²) >= 11 is 0. The molecule has 1 aliphatic heterocycles. The summed E-state index contributed by atoms with van der Waals surface area (Å²) in [5.74, 6) is 0.890. The van der Waals surface area contributed by atoms with Crippen LogP contribution in [-0.2, 0) is 0 Å². The predicted molar refractivity (Wildman–Crippen MR) is 120 cm³/mol. The highest BCUT2D eigenvalue weighted by atomic mass is 19.1. The van der Waals surface area contributed by atoms with E-state index in [4.69, 9.17) is 14.1 Å². The van der Waals surface area contributed by atoms with Crippen molar-refractivity contribution in [3.05, 3.63) is 78.4 Å². The van der Waals surface area contributed by atoms with Crippen LogP contribution in [0.25, 0.3) is 22.2 Å². The highest BCUT2D eigenvalue weighted by Crippen LogP contribution is 2.36. The van der Waals surface area contributed by atoms with E-state index in [9.17, 15) is 9.18 Å². The maximum atomic E-state index is 13.5. The highest BCUT2D eigenvalue weighted by Gasteiger charge is 2.33. The van der Waals surface area contributed by atoms with E-state index >= 15 is 0 Å². The van der Waals surface area contributed by atoms with E-state index in [1.165, 1.54) is 12.1 Å². The van der Waals surface area contributed by atoms with Gasteiger partial charge < -0.3 is 19.4 Å². The topological polar surface area (TPSA) is 67.6 Å². The number of carbonyl (C=O) groups is 1. The van der Waals surface area contributed by atoms with Crippen molar-refractivity contribution < 1.29 is 18.3 Å². The number of likely N-dealkylation sites (tertiary alicyclic amines) is 1. The fourth-order valence-corrected chi connectivity index (χ4v) is 4.17. The van der Waals surface area contributed by atoms with Gasteiger partial charge in [-0.15, -0.1) is 0 Å². The average molecular weight is 431 g/mol. The highest BCUT2D eigenvalue weighted by molar-refractivity contribution is 5.90. The molecule has 1 aliphatic rings. The number of benzene rings is 3. The summed E-state index contributed by atoms with van der Waals surface area (Å²) in [5, 5.41) is 2.77. The molecule has 162 valence electrons. The fraction of sp³-hybridized carbons (Fsp3) is 0.200. The van der Waals surface area contributed by atoms with Crippen molar-refractivity contribution in [1.29, 1.82) is 0 Å². The lowest BCUT2D eigenvalue weighted by molar-refractivity contribution is 0.199. The van der Waals surface area contributed by atoms with Gasteiger partial charge in [-0.25, -0.2) is 14.2 Å². The van der Waals surface area contributed by atoms with Crippen LogP contribution in [0.4, 0.5) is 14.9 Å². The number of para-hydroxylation sites is 1. The van der Waals surface area contributed by atoms with Crippen LogP contribution in [0.2, 0.25) is 0 Å². The number of urea groups is 1. The van der Waals surface area contributed by atoms with E-state index in [-0.39, 0.29) is 12.1 Å². The number of ether oxygens (including phenoxy) is 1. The number of nitrogens with one attached hydrogen (secondary N) is 1. The van der Waals surface area contributed by atoms with Crippen molar-refractivity contribution in [2.75, 3.05) is 19.0 Å². The molecule has 0 bridgehead atoms. The summed E-state index contributed by atoms with van der Waals surface area (Å²) < 4.78 is 25.0. The van der Waals surface area contributed by atoms with Gasteiger partial charge in [0, 0.05) is 17.8 Å². The maximum Gasteiger partial charge on any atom is 0.322 e. The number of aromatic nitrogens is 1. The Kier molecular flexibility index (Phi) is 5.23. The van der Waals surface area contributed by atoms with Crippen LogP contribution in [0.15, 0.2) is 71.1 Å². The van der Waals surface area contributed by atoms with Gasteiger partial charge in [0.05, 0.1) is 7.11 Å². The SMILES string of the molecule is COc1ccccc1-c1ccc2oc(C3CCCN3C(=O)Nc3cccc(F)c3)nc2c1. The van der Waals surface area contributed by atoms with Gasteiger partial charge >= 0.3 is 6.03 Å². The number of methoxy groups -OCH3 is 1. The lowest BCUT2D eigenvalue weighted by Crippen LogP contribution is -2.34. The molecule has 0 aliphatic carbocycles. The average Bonchev–Trinajstić information content (AvgIpc) is 3.45. The minimum Gasteiger partial charge on any atom is -0.496 e. The summed E-state index contributed by atoms with van der Waals surface area (Å²) in [6, 6.07) is 18.9. The Balaban J connectivity index is 1.41. The minimum atomic E-state index is -0.398. The molecule has 1 N–H and O–H groups in total. The zero-order chi connectivity index (χ0) is 22.1. The van der Waals surface area contributed by atoms with E-state index < -0.39 is 5.82 Å². The smallest absolute Gasteiger partial charge is 0.322 e. The zero-order valence-corrected chi connectivity index (χ0v) is 17.5. The molecule has 3 aromatic carbocycles. The number of nitrogens with zero attached hydrogens (tertiary/aromatic N) is 2. The molecule has 1 atom stereocenters. The van der Waals surface area contributed by atoms with Crippen LogP contribution in [0, 0.1) is 5.82 Å². The Morgan fingerprint density at radius 1 is 1.16 bits per heavy atom. The van der Waals surface area contributed by atoms with Gasteiger partial charge in [0.2, 0.25) is 5.89 Å². The quantitative estimate of drug-likeness (QED) is 0.430. The number of fused-ring (bicyclic) bond motifs is 1. The zero-order valence-electron chi connectivity index (χ0n) is 17.5. The van der Waals surface area contributed by atoms with Gasteiger partial charge in [-0.1, -0.05) is 30.3 Å². The lowest BCUT2D eigenvalue weighted by Gasteiger charge is -2.22. The number of carbonyl (C=O) groups excluding carboxylic acids is 1. The Labute approximate surface area is 184 Å². The first kappa shape index (κ1) is 20.1. The largest absolute Gasteiger partial charge is 0.496 e. The number of anilines is 1. The normalized spacial score (nSPS) is 15.8. The second-order valence-corrected chi connectivity index (χ2v) is 7.73. The van der Waals surface area contributed by atoms with Crippen molar-refractivity contribution in [2.24, 2.45) is 0 Å². The van der Waals surface area contributed by atoms with Gasteiger partial charge in [0.25, 0.3) is 0 Å². The van der Waals surface area contributed by atoms with Crippen LogP contribution in [-0.4, -0.2) is 29.6 Å². The molecule has 4 aromatic rings. The first-order valence-electron chi connectivity index (χ1n) is 10.5. The van der Waals surface area contributed by atoms with Crippen molar-refractivity contribution in [3.63, 3.8) is 0 Å². The predicted octanol–water partition coefficient (Wildman–Crippen LogP) is 6.01. The molecular formula is C25H22FN3O3. The summed E-state index contributed by atoms with van der Waals surface area (Å²) in [4.78, 5) is 19.2. The number of halogens is 1. The molecule has 1 unspecified atom stereocenters. The summed E-state index contributed by atoms with van der Waals surface area (Å²) in [5.41, 5.74) is 3.75. The van der Waals surface area contributed by atoms with Crippen LogP contribution in [0.5, 0.6) is 5.75 Å². The summed E-state index contributed by atoms with van der Waals surface area (Å²) in [6.45, 7) is 0.580. The van der Waals surface area contributed by atoms with Gasteiger partial charge in [-0.2, -0.15) is 0 Å². The van der Waals surface area contributed by atoms with E-state index in [0.29, 0.717) is 23.7 Å². The molecule has 1 aromatic heterocycles. The summed E-state index contributed by atoms with van der Waals surface area (Å²) in [7, 11) is 1.65. The monoisotopic (exact) mass is 431 g/mol. The molecule has 2 heterocycles. The Bertz CT molecular complexity index is 1290. The molecule has 5 rings (SSSR count). The molecule has 1 saturated heterocycles. The Morgan fingerprint density at radius 2 is 2.03 bits per heavy atom. The van der Waals surface area contributed by atoms with Gasteiger partial charge in [0.15, 0.2) is 5.58 Å². The van der Waals surface area contributed by atoms with Crippen molar-refractivity contribution in [3.8, 4) is 16.9 Å². The lowest BCUT2D eigenvalue weighted by atomic mass is 10.0. The second-order valence-electron chi connectivity index (χ2n) is 7.73. The van der Waals surface area contributed by atoms with Gasteiger partial charge in [-0.3, -0.25) is 0 Å². The molecule has 32 heavy (non-hydrogen) atoms. The third-order valence-corrected chi connectivity index (χ3v) is 5.70. The molecule has 0 saturated carbocycles. The van der Waals surface area contributed by atoms with Gasteiger partial charge in [0.1, 0.15) is 23.1 Å². The van der Waals surface area contributed by atoms with Gasteiger partial charge in [-0.05, 0) is 54.8 Å². The number of amides is 2. The molecule has 1 fully saturated rings. The second kappa shape index (κ2) is 8.34. The van der Waals surface area contributed by atoms with E-state index in [0.717, 1.165) is 35.2 Å². The maximum absolute atomic E-state index is 13.5. The number of oxazole rings is 1. The Hall–Kier alpha value is -3.87. The van der Waals surface area contributed by atoms with Crippen molar-refractivity contribution in [2.45, 2.75) is 18.9 Å². The van der Waals surface area contributed by atoms with Crippen LogP contribution in [0.1, 0.15) is 24.8 Å². The standard InChI is InChI=1S/C25H22FN3O3/c1-31-22-10-3-2-8-19(22)16-11-12-23-20(14-16)28-24(32-23)21-9-5-13-29(21)25(30)27-18-7-4-6-17(26)15-18/h2-4,6-8,10-12,14-15,21H,5,9,13H2,1H3,(H,27,30). The molecule has 0 spiro atoms. The third-order valence-electron chi connectivity index (χ3n) is 5.70. The van der Waals surface area contributed by atoms with Crippen LogP contribution >= 0.6 is 0 Å². The fourth-order valence-electron chi connectivity index (χ4n) is 4.17. The van der Waals surface area contributed by atoms with E-state index in [2.05, 4.69) is 5.32 Å². The molecule has 7 heteroatoms. The van der Waals surface area contributed by atoms with Crippen molar-refractivity contribution >= 4 is 22.8 Å². The van der Waals surface area contributed by atoms with E-state index in [1.807, 2.05) is 42.5 Å². The number of hydrogen-bond acceptors (Lipinski definition) is 4. The third kappa shape index (κ3) is 3.77. The number of rotatable bonds is 4. The van der Waals surface area contributed by atoms with Crippen LogP contribution < -0.4 is 10.1 Å². The molecular weight excluding hydrogens is 409 g/mol. The van der Waals surface area contributed by atoms with E-state index in [1.54, 1.807) is 24.1 Å². The Morgan fingerprint density at radius 3 is 2.88 bits per heavy atom. The number of hydrogen-bond donors (Lipinski definition) is 1. The first-order valence-corrected chi connectivity index (χ1v) is 10.5. The summed E-state index contributed by atoms with van der Waals surface area (Å²) in [6.07, 6.45) is 1.59. The molecule has 0 radical (unpaired) electrons. The minimum absolute atomic E-state index is 0.273. The first-order chi connectivity index (χ1) is 15.6. The molecule has 2 amide bonds. The van der Waals surface area contributed by atoms with Crippen molar-refractivity contribution in [1.82, 2.24) is 9.88 Å². The van der Waals surface area contributed by atoms with Crippen LogP contribution in [0.3, 0.4) is 0 Å².